The first-order valence-electron chi connectivity index (χ1n) is 4.23. The Morgan fingerprint density at radius 1 is 1.25 bits per heavy atom. The van der Waals surface area contributed by atoms with Gasteiger partial charge in [-0.1, -0.05) is 13.2 Å². The summed E-state index contributed by atoms with van der Waals surface area (Å²) in [6, 6.07) is 0. The molecule has 0 aromatic heterocycles. The number of carbonyl (C=O) groups excluding carboxylic acids is 1. The quantitative estimate of drug-likeness (QED) is 0.295. The van der Waals surface area contributed by atoms with Crippen molar-refractivity contribution in [3.05, 3.63) is 42.7 Å². The van der Waals surface area contributed by atoms with Gasteiger partial charge in [0.1, 0.15) is 0 Å². The second-order valence-electron chi connectivity index (χ2n) is 2.83. The highest BCUT2D eigenvalue weighted by Gasteiger charge is 2.08. The van der Waals surface area contributed by atoms with Crippen molar-refractivity contribution >= 4 is 11.9 Å². The maximum atomic E-state index is 11.3. The molecule has 0 fully saturated rings. The predicted molar refractivity (Wildman–Crippen MR) is 57.2 cm³/mol. The molecule has 0 spiro atoms. The van der Waals surface area contributed by atoms with Gasteiger partial charge >= 0.3 is 5.97 Å². The minimum atomic E-state index is -1.14. The third kappa shape index (κ3) is 5.08. The fourth-order valence-corrected chi connectivity index (χ4v) is 0.641. The van der Waals surface area contributed by atoms with Crippen LogP contribution in [0.2, 0.25) is 0 Å². The SMILES string of the molecule is C=C[C](O)NNC(=O)C(=C)C=C(C)C(=O)O. The molecule has 0 rings (SSSR count). The molecule has 0 aliphatic rings. The van der Waals surface area contributed by atoms with E-state index in [0.29, 0.717) is 0 Å². The van der Waals surface area contributed by atoms with E-state index in [4.69, 9.17) is 10.2 Å². The molecule has 87 valence electrons. The van der Waals surface area contributed by atoms with E-state index in [1.807, 2.05) is 0 Å². The number of hydrogen-bond acceptors (Lipinski definition) is 4. The Bertz CT molecular complexity index is 347. The van der Waals surface area contributed by atoms with Gasteiger partial charge in [0, 0.05) is 11.1 Å². The van der Waals surface area contributed by atoms with Crippen molar-refractivity contribution in [2.75, 3.05) is 0 Å². The van der Waals surface area contributed by atoms with Gasteiger partial charge in [-0.15, -0.1) is 0 Å². The number of carboxylic acids is 1. The van der Waals surface area contributed by atoms with Crippen LogP contribution < -0.4 is 10.9 Å². The first-order chi connectivity index (χ1) is 7.38. The van der Waals surface area contributed by atoms with Crippen LogP contribution in [0.5, 0.6) is 0 Å². The number of rotatable bonds is 6. The van der Waals surface area contributed by atoms with Crippen LogP contribution in [0.1, 0.15) is 6.92 Å². The largest absolute Gasteiger partial charge is 0.478 e. The van der Waals surface area contributed by atoms with Crippen LogP contribution in [0.25, 0.3) is 0 Å². The number of carboxylic acid groups (broad SMARTS) is 1. The standard InChI is InChI=1S/C10H13N2O4/c1-4-8(13)11-12-9(14)6(2)5-7(3)10(15)16/h4-5,11,13H,1-2H2,3H3,(H,12,14)(H,15,16). The molecule has 0 saturated heterocycles. The zero-order valence-corrected chi connectivity index (χ0v) is 8.78. The predicted octanol–water partition coefficient (Wildman–Crippen LogP) is 0.242. The van der Waals surface area contributed by atoms with Crippen molar-refractivity contribution in [1.29, 1.82) is 0 Å². The molecule has 0 atom stereocenters. The molecular weight excluding hydrogens is 212 g/mol. The Labute approximate surface area is 92.9 Å². The van der Waals surface area contributed by atoms with Gasteiger partial charge in [0.2, 0.25) is 0 Å². The van der Waals surface area contributed by atoms with Crippen LogP contribution in [0.3, 0.4) is 0 Å². The molecule has 1 amide bonds. The lowest BCUT2D eigenvalue weighted by molar-refractivity contribution is -0.132. The molecule has 16 heavy (non-hydrogen) atoms. The van der Waals surface area contributed by atoms with E-state index < -0.39 is 11.9 Å². The van der Waals surface area contributed by atoms with Crippen LogP contribution >= 0.6 is 0 Å². The Kier molecular flexibility index (Phi) is 5.76. The molecule has 1 radical (unpaired) electrons. The van der Waals surface area contributed by atoms with Gasteiger partial charge in [0.15, 0.2) is 6.23 Å². The maximum Gasteiger partial charge on any atom is 0.331 e. The van der Waals surface area contributed by atoms with Gasteiger partial charge in [0.05, 0.1) is 0 Å². The van der Waals surface area contributed by atoms with Crippen molar-refractivity contribution in [3.63, 3.8) is 0 Å². The van der Waals surface area contributed by atoms with Gasteiger partial charge in [-0.3, -0.25) is 10.2 Å². The Balaban J connectivity index is 4.30. The molecule has 6 nitrogen and oxygen atoms in total. The molecule has 0 heterocycles. The molecular formula is C10H13N2O4. The van der Waals surface area contributed by atoms with Crippen molar-refractivity contribution < 1.29 is 19.8 Å². The number of hydrogen-bond donors (Lipinski definition) is 4. The van der Waals surface area contributed by atoms with E-state index in [-0.39, 0.29) is 17.4 Å². The number of aliphatic carboxylic acids is 1. The monoisotopic (exact) mass is 225 g/mol. The highest BCUT2D eigenvalue weighted by Crippen LogP contribution is 2.00. The van der Waals surface area contributed by atoms with E-state index >= 15 is 0 Å². The zero-order chi connectivity index (χ0) is 12.7. The summed E-state index contributed by atoms with van der Waals surface area (Å²) in [6.07, 6.45) is 1.87. The first-order valence-corrected chi connectivity index (χ1v) is 4.23. The van der Waals surface area contributed by atoms with Gasteiger partial charge < -0.3 is 10.2 Å². The second kappa shape index (κ2) is 6.54. The van der Waals surface area contributed by atoms with Gasteiger partial charge in [-0.25, -0.2) is 4.79 Å². The molecule has 0 aliphatic carbocycles. The van der Waals surface area contributed by atoms with Crippen LogP contribution in [0.4, 0.5) is 0 Å². The fraction of sp³-hybridized carbons (Fsp3) is 0.100. The number of amides is 1. The van der Waals surface area contributed by atoms with E-state index in [1.54, 1.807) is 0 Å². The zero-order valence-electron chi connectivity index (χ0n) is 8.78. The average molecular weight is 225 g/mol. The Hall–Kier alpha value is -1.92. The van der Waals surface area contributed by atoms with Crippen molar-refractivity contribution in [3.8, 4) is 0 Å². The van der Waals surface area contributed by atoms with E-state index in [2.05, 4.69) is 24.0 Å². The number of aliphatic hydroxyl groups is 1. The number of hydrazine groups is 1. The number of nitrogens with one attached hydrogen (secondary N) is 2. The normalized spacial score (nSPS) is 11.1. The minimum absolute atomic E-state index is 0.0166. The lowest BCUT2D eigenvalue weighted by Crippen LogP contribution is -2.39. The summed E-state index contributed by atoms with van der Waals surface area (Å²) in [7, 11) is 0. The Morgan fingerprint density at radius 2 is 1.81 bits per heavy atom. The molecule has 0 bridgehead atoms. The van der Waals surface area contributed by atoms with Crippen LogP contribution in [0.15, 0.2) is 36.5 Å². The fourth-order valence-electron chi connectivity index (χ4n) is 0.641. The highest BCUT2D eigenvalue weighted by atomic mass is 16.4. The lowest BCUT2D eigenvalue weighted by Gasteiger charge is -2.08. The molecule has 6 heteroatoms. The number of aliphatic hydroxyl groups excluding tert-OH is 1. The molecule has 0 aromatic rings. The summed E-state index contributed by atoms with van der Waals surface area (Å²) in [5, 5.41) is 17.4. The van der Waals surface area contributed by atoms with Gasteiger partial charge in [0.25, 0.3) is 5.91 Å². The lowest BCUT2D eigenvalue weighted by atomic mass is 10.2. The van der Waals surface area contributed by atoms with Crippen LogP contribution in [-0.2, 0) is 9.59 Å². The van der Waals surface area contributed by atoms with E-state index in [0.717, 1.165) is 12.2 Å². The molecule has 4 N–H and O–H groups in total. The van der Waals surface area contributed by atoms with E-state index in [9.17, 15) is 9.59 Å². The summed E-state index contributed by atoms with van der Waals surface area (Å²) in [5.41, 5.74) is 4.16. The molecule has 0 aliphatic heterocycles. The van der Waals surface area contributed by atoms with Gasteiger partial charge in [-0.2, -0.15) is 5.43 Å². The second-order valence-corrected chi connectivity index (χ2v) is 2.83. The van der Waals surface area contributed by atoms with E-state index in [1.165, 1.54) is 6.92 Å². The molecule has 0 aromatic carbocycles. The summed E-state index contributed by atoms with van der Waals surface area (Å²) in [4.78, 5) is 21.7. The van der Waals surface area contributed by atoms with Crippen molar-refractivity contribution in [2.45, 2.75) is 6.92 Å². The maximum absolute atomic E-state index is 11.3. The topological polar surface area (TPSA) is 98.7 Å². The summed E-state index contributed by atoms with van der Waals surface area (Å²) in [6.45, 7) is 7.95. The summed E-state index contributed by atoms with van der Waals surface area (Å²) in [5.74, 6) is -1.79. The summed E-state index contributed by atoms with van der Waals surface area (Å²) < 4.78 is 0. The Morgan fingerprint density at radius 3 is 2.25 bits per heavy atom. The third-order valence-electron chi connectivity index (χ3n) is 1.52. The smallest absolute Gasteiger partial charge is 0.331 e. The van der Waals surface area contributed by atoms with Crippen LogP contribution in [-0.4, -0.2) is 22.1 Å². The average Bonchev–Trinajstić information content (AvgIpc) is 2.24. The molecule has 0 unspecified atom stereocenters. The first kappa shape index (κ1) is 14.1. The molecule has 0 saturated carbocycles. The summed E-state index contributed by atoms with van der Waals surface area (Å²) >= 11 is 0. The minimum Gasteiger partial charge on any atom is -0.478 e. The van der Waals surface area contributed by atoms with Crippen molar-refractivity contribution in [1.82, 2.24) is 10.9 Å². The third-order valence-corrected chi connectivity index (χ3v) is 1.52. The highest BCUT2D eigenvalue weighted by molar-refractivity contribution is 5.97. The van der Waals surface area contributed by atoms with Crippen LogP contribution in [0, 0.1) is 6.23 Å². The number of carbonyl (C=O) groups is 2. The van der Waals surface area contributed by atoms with Crippen molar-refractivity contribution in [2.24, 2.45) is 0 Å². The van der Waals surface area contributed by atoms with Gasteiger partial charge in [-0.05, 0) is 19.1 Å².